The molecule has 0 bridgehead atoms. The molecule has 1 unspecified atom stereocenters. The van der Waals surface area contributed by atoms with Gasteiger partial charge in [0.25, 0.3) is 0 Å². The molecule has 0 aliphatic heterocycles. The first-order valence-electron chi connectivity index (χ1n) is 7.44. The van der Waals surface area contributed by atoms with Crippen molar-refractivity contribution in [2.24, 2.45) is 0 Å². The van der Waals surface area contributed by atoms with E-state index in [0.29, 0.717) is 5.92 Å². The molecule has 1 atom stereocenters. The molecule has 1 heterocycles. The van der Waals surface area contributed by atoms with Crippen molar-refractivity contribution in [1.29, 1.82) is 0 Å². The minimum absolute atomic E-state index is 0.101. The summed E-state index contributed by atoms with van der Waals surface area (Å²) in [5, 5.41) is 0. The lowest BCUT2D eigenvalue weighted by Crippen LogP contribution is -2.17. The molecule has 3 rings (SSSR count). The van der Waals surface area contributed by atoms with Crippen LogP contribution in [0.3, 0.4) is 0 Å². The van der Waals surface area contributed by atoms with Crippen LogP contribution in [0.5, 0.6) is 0 Å². The summed E-state index contributed by atoms with van der Waals surface area (Å²) in [6.45, 7) is 6.66. The fourth-order valence-electron chi connectivity index (χ4n) is 2.98. The Hall–Kier alpha value is -1.81. The van der Waals surface area contributed by atoms with Gasteiger partial charge in [0, 0.05) is 28.3 Å². The van der Waals surface area contributed by atoms with Crippen molar-refractivity contribution in [3.8, 4) is 0 Å². The lowest BCUT2D eigenvalue weighted by molar-refractivity contribution is 0.552. The fraction of sp³-hybridized carbons (Fsp3) is 0.421. The normalized spacial score (nSPS) is 18.2. The molecule has 20 heavy (non-hydrogen) atoms. The van der Waals surface area contributed by atoms with Crippen LogP contribution in [-0.2, 0) is 11.8 Å². The van der Waals surface area contributed by atoms with Crippen molar-refractivity contribution in [2.75, 3.05) is 0 Å². The highest BCUT2D eigenvalue weighted by Crippen LogP contribution is 2.35. The average Bonchev–Trinajstić information content (AvgIpc) is 2.46. The molecule has 0 N–H and O–H groups in total. The molecule has 2 aromatic rings. The first-order valence-corrected chi connectivity index (χ1v) is 7.44. The van der Waals surface area contributed by atoms with Crippen LogP contribution in [0.15, 0.2) is 30.3 Å². The van der Waals surface area contributed by atoms with Crippen molar-refractivity contribution in [3.63, 3.8) is 0 Å². The topological polar surface area (TPSA) is 12.9 Å². The zero-order chi connectivity index (χ0) is 14.2. The number of aromatic nitrogens is 1. The SMILES string of the molecule is CC(C)(C)c1cccc(C2CCCc3c#cccc32)n1. The molecule has 1 nitrogen and oxygen atoms in total. The van der Waals surface area contributed by atoms with E-state index >= 15 is 0 Å². The Labute approximate surface area is 122 Å². The van der Waals surface area contributed by atoms with Gasteiger partial charge in [-0.1, -0.05) is 39.0 Å². The van der Waals surface area contributed by atoms with Crippen molar-refractivity contribution in [1.82, 2.24) is 4.98 Å². The maximum atomic E-state index is 4.94. The molecule has 1 aliphatic carbocycles. The predicted molar refractivity (Wildman–Crippen MR) is 81.8 cm³/mol. The van der Waals surface area contributed by atoms with Gasteiger partial charge in [-0.2, -0.15) is 0 Å². The summed E-state index contributed by atoms with van der Waals surface area (Å²) in [6, 6.07) is 17.0. The summed E-state index contributed by atoms with van der Waals surface area (Å²) in [6.07, 6.45) is 3.53. The number of hydrogen-bond donors (Lipinski definition) is 0. The van der Waals surface area contributed by atoms with Crippen LogP contribution >= 0.6 is 0 Å². The molecule has 1 aliphatic rings. The highest BCUT2D eigenvalue weighted by molar-refractivity contribution is 5.36. The van der Waals surface area contributed by atoms with E-state index in [2.05, 4.69) is 57.2 Å². The van der Waals surface area contributed by atoms with E-state index in [0.717, 1.165) is 6.42 Å². The zero-order valence-corrected chi connectivity index (χ0v) is 12.5. The van der Waals surface area contributed by atoms with Gasteiger partial charge < -0.3 is 0 Å². The highest BCUT2D eigenvalue weighted by atomic mass is 14.7. The Morgan fingerprint density at radius 3 is 2.85 bits per heavy atom. The number of pyridine rings is 1. The third kappa shape index (κ3) is 2.43. The van der Waals surface area contributed by atoms with Crippen LogP contribution in [0.4, 0.5) is 0 Å². The third-order valence-electron chi connectivity index (χ3n) is 4.11. The molecular formula is C19H21N. The average molecular weight is 263 g/mol. The van der Waals surface area contributed by atoms with Crippen LogP contribution in [0.1, 0.15) is 62.0 Å². The first kappa shape index (κ1) is 13.2. The minimum Gasteiger partial charge on any atom is -0.257 e. The van der Waals surface area contributed by atoms with E-state index in [-0.39, 0.29) is 5.41 Å². The zero-order valence-electron chi connectivity index (χ0n) is 12.5. The molecule has 0 spiro atoms. The standard InChI is InChI=1S/C19H21N/c1-19(2,3)18-13-7-12-17(20-18)16-11-6-9-14-8-4-5-10-15(14)16/h5,7,10,12-13,16H,6,9,11H2,1-3H3. The maximum absolute atomic E-state index is 4.94. The minimum atomic E-state index is 0.101. The van der Waals surface area contributed by atoms with Gasteiger partial charge in [0.05, 0.1) is 0 Å². The van der Waals surface area contributed by atoms with Crippen LogP contribution in [0.25, 0.3) is 0 Å². The summed E-state index contributed by atoms with van der Waals surface area (Å²) in [7, 11) is 0. The number of nitrogens with zero attached hydrogens (tertiary/aromatic N) is 1. The molecule has 1 heteroatoms. The van der Waals surface area contributed by atoms with Gasteiger partial charge in [-0.3, -0.25) is 4.98 Å². The second kappa shape index (κ2) is 4.94. The van der Waals surface area contributed by atoms with Gasteiger partial charge in [-0.05, 0) is 49.1 Å². The van der Waals surface area contributed by atoms with Crippen molar-refractivity contribution in [2.45, 2.75) is 51.4 Å². The summed E-state index contributed by atoms with van der Waals surface area (Å²) >= 11 is 0. The molecule has 1 aromatic carbocycles. The molecule has 0 saturated carbocycles. The van der Waals surface area contributed by atoms with E-state index in [9.17, 15) is 0 Å². The summed E-state index contributed by atoms with van der Waals surface area (Å²) < 4.78 is 0. The predicted octanol–water partition coefficient (Wildman–Crippen LogP) is 4.45. The molecule has 0 saturated heterocycles. The second-order valence-corrected chi connectivity index (χ2v) is 6.68. The van der Waals surface area contributed by atoms with Crippen molar-refractivity contribution >= 4 is 0 Å². The third-order valence-corrected chi connectivity index (χ3v) is 4.11. The summed E-state index contributed by atoms with van der Waals surface area (Å²) in [5.74, 6) is 0.423. The maximum Gasteiger partial charge on any atom is 0.0482 e. The first-order chi connectivity index (χ1) is 9.55. The second-order valence-electron chi connectivity index (χ2n) is 6.68. The molecule has 0 radical (unpaired) electrons. The van der Waals surface area contributed by atoms with E-state index in [1.54, 1.807) is 0 Å². The molecule has 102 valence electrons. The van der Waals surface area contributed by atoms with E-state index in [4.69, 9.17) is 4.98 Å². The molecule has 0 amide bonds. The van der Waals surface area contributed by atoms with Gasteiger partial charge in [-0.15, -0.1) is 0 Å². The fourth-order valence-corrected chi connectivity index (χ4v) is 2.98. The Morgan fingerprint density at radius 2 is 2.05 bits per heavy atom. The lowest BCUT2D eigenvalue weighted by Gasteiger charge is -2.25. The number of hydrogen-bond acceptors (Lipinski definition) is 1. The van der Waals surface area contributed by atoms with Gasteiger partial charge in [0.2, 0.25) is 0 Å². The van der Waals surface area contributed by atoms with Gasteiger partial charge in [-0.25, -0.2) is 0 Å². The van der Waals surface area contributed by atoms with Crippen LogP contribution in [-0.4, -0.2) is 4.98 Å². The smallest absolute Gasteiger partial charge is 0.0482 e. The molecule has 0 fully saturated rings. The molecular weight excluding hydrogens is 242 g/mol. The largest absolute Gasteiger partial charge is 0.257 e. The summed E-state index contributed by atoms with van der Waals surface area (Å²) in [4.78, 5) is 4.94. The van der Waals surface area contributed by atoms with Gasteiger partial charge in [0.15, 0.2) is 0 Å². The van der Waals surface area contributed by atoms with E-state index in [1.807, 2.05) is 6.07 Å². The van der Waals surface area contributed by atoms with Crippen LogP contribution in [0, 0.1) is 12.1 Å². The molecule has 1 aromatic heterocycles. The van der Waals surface area contributed by atoms with Crippen molar-refractivity contribution < 1.29 is 0 Å². The Bertz CT molecular complexity index is 607. The number of rotatable bonds is 1. The van der Waals surface area contributed by atoms with Crippen LogP contribution in [0.2, 0.25) is 0 Å². The Kier molecular flexibility index (Phi) is 3.26. The monoisotopic (exact) mass is 263 g/mol. The van der Waals surface area contributed by atoms with E-state index < -0.39 is 0 Å². The Morgan fingerprint density at radius 1 is 1.20 bits per heavy atom. The van der Waals surface area contributed by atoms with Crippen LogP contribution < -0.4 is 0 Å². The lowest BCUT2D eigenvalue weighted by atomic mass is 9.81. The summed E-state index contributed by atoms with van der Waals surface area (Å²) in [5.41, 5.74) is 5.20. The number of fused-ring (bicyclic) bond motifs is 1. The van der Waals surface area contributed by atoms with Crippen molar-refractivity contribution in [3.05, 3.63) is 65.0 Å². The van der Waals surface area contributed by atoms with E-state index in [1.165, 1.54) is 35.4 Å². The van der Waals surface area contributed by atoms with Gasteiger partial charge >= 0.3 is 0 Å². The van der Waals surface area contributed by atoms with Gasteiger partial charge in [0.1, 0.15) is 0 Å². The quantitative estimate of drug-likeness (QED) is 0.741. The highest BCUT2D eigenvalue weighted by Gasteiger charge is 2.24. The Balaban J connectivity index is 2.03.